The first-order valence-electron chi connectivity index (χ1n) is 8.72. The Bertz CT molecular complexity index is 698. The lowest BCUT2D eigenvalue weighted by Gasteiger charge is -2.25. The second-order valence-electron chi connectivity index (χ2n) is 6.91. The molecule has 1 heterocycles. The van der Waals surface area contributed by atoms with Gasteiger partial charge in [-0.05, 0) is 24.5 Å². The third kappa shape index (κ3) is 3.51. The Hall–Kier alpha value is -2.13. The van der Waals surface area contributed by atoms with Crippen LogP contribution in [0.15, 0.2) is 54.6 Å². The van der Waals surface area contributed by atoms with E-state index in [-0.39, 0.29) is 17.9 Å². The minimum atomic E-state index is -0.253. The van der Waals surface area contributed by atoms with Crippen molar-refractivity contribution < 1.29 is 4.79 Å². The van der Waals surface area contributed by atoms with E-state index < -0.39 is 0 Å². The van der Waals surface area contributed by atoms with Gasteiger partial charge in [0.15, 0.2) is 0 Å². The van der Waals surface area contributed by atoms with E-state index in [0.717, 1.165) is 25.1 Å². The van der Waals surface area contributed by atoms with Crippen molar-refractivity contribution in [2.75, 3.05) is 13.1 Å². The number of carbonyl (C=O) groups excluding carboxylic acids is 1. The summed E-state index contributed by atoms with van der Waals surface area (Å²) >= 11 is 0. The zero-order chi connectivity index (χ0) is 17.1. The third-order valence-corrected chi connectivity index (χ3v) is 5.13. The number of rotatable bonds is 4. The monoisotopic (exact) mass is 322 g/mol. The van der Waals surface area contributed by atoms with Gasteiger partial charge >= 0.3 is 0 Å². The SMILES string of the molecule is Cc1cccc(C2CCN(C(=O)C(C)C(N)c3ccccc3)C2)c1. The lowest BCUT2D eigenvalue weighted by atomic mass is 9.94. The molecule has 3 nitrogen and oxygen atoms in total. The van der Waals surface area contributed by atoms with Crippen LogP contribution >= 0.6 is 0 Å². The van der Waals surface area contributed by atoms with Crippen LogP contribution in [-0.2, 0) is 4.79 Å². The van der Waals surface area contributed by atoms with Crippen molar-refractivity contribution in [3.05, 3.63) is 71.3 Å². The Kier molecular flexibility index (Phi) is 5.00. The fourth-order valence-electron chi connectivity index (χ4n) is 3.56. The molecule has 0 aliphatic carbocycles. The fourth-order valence-corrected chi connectivity index (χ4v) is 3.56. The lowest BCUT2D eigenvalue weighted by Crippen LogP contribution is -2.38. The van der Waals surface area contributed by atoms with E-state index in [4.69, 9.17) is 5.73 Å². The van der Waals surface area contributed by atoms with E-state index in [1.54, 1.807) is 0 Å². The van der Waals surface area contributed by atoms with Crippen molar-refractivity contribution in [2.24, 2.45) is 11.7 Å². The van der Waals surface area contributed by atoms with Crippen LogP contribution in [0.3, 0.4) is 0 Å². The molecule has 2 aromatic rings. The molecule has 126 valence electrons. The van der Waals surface area contributed by atoms with E-state index in [1.165, 1.54) is 11.1 Å². The first-order valence-corrected chi connectivity index (χ1v) is 8.72. The van der Waals surface area contributed by atoms with Gasteiger partial charge in [-0.2, -0.15) is 0 Å². The second-order valence-corrected chi connectivity index (χ2v) is 6.91. The van der Waals surface area contributed by atoms with Crippen molar-refractivity contribution in [2.45, 2.75) is 32.2 Å². The van der Waals surface area contributed by atoms with Gasteiger partial charge in [0.05, 0.1) is 5.92 Å². The van der Waals surface area contributed by atoms with Crippen molar-refractivity contribution in [3.63, 3.8) is 0 Å². The molecule has 3 rings (SSSR count). The molecule has 2 aromatic carbocycles. The molecule has 1 amide bonds. The Morgan fingerprint density at radius 1 is 1.17 bits per heavy atom. The largest absolute Gasteiger partial charge is 0.342 e. The molecule has 2 N–H and O–H groups in total. The highest BCUT2D eigenvalue weighted by molar-refractivity contribution is 5.79. The number of nitrogens with zero attached hydrogens (tertiary/aromatic N) is 1. The Labute approximate surface area is 144 Å². The number of amides is 1. The summed E-state index contributed by atoms with van der Waals surface area (Å²) in [6, 6.07) is 18.3. The molecule has 3 atom stereocenters. The molecule has 1 saturated heterocycles. The van der Waals surface area contributed by atoms with Crippen LogP contribution in [0.4, 0.5) is 0 Å². The van der Waals surface area contributed by atoms with Gasteiger partial charge in [-0.1, -0.05) is 67.1 Å². The van der Waals surface area contributed by atoms with E-state index in [1.807, 2.05) is 42.2 Å². The third-order valence-electron chi connectivity index (χ3n) is 5.13. The van der Waals surface area contributed by atoms with Gasteiger partial charge in [-0.25, -0.2) is 0 Å². The van der Waals surface area contributed by atoms with Crippen molar-refractivity contribution in [3.8, 4) is 0 Å². The van der Waals surface area contributed by atoms with Gasteiger partial charge in [0.1, 0.15) is 0 Å². The number of likely N-dealkylation sites (tertiary alicyclic amines) is 1. The predicted molar refractivity (Wildman–Crippen MR) is 97.7 cm³/mol. The minimum absolute atomic E-state index is 0.168. The molecular formula is C21H26N2O. The van der Waals surface area contributed by atoms with E-state index >= 15 is 0 Å². The maximum atomic E-state index is 12.8. The molecule has 0 bridgehead atoms. The van der Waals surface area contributed by atoms with Gasteiger partial charge in [0.2, 0.25) is 5.91 Å². The number of nitrogens with two attached hydrogens (primary N) is 1. The molecule has 3 unspecified atom stereocenters. The van der Waals surface area contributed by atoms with Crippen LogP contribution in [0.25, 0.3) is 0 Å². The highest BCUT2D eigenvalue weighted by atomic mass is 16.2. The Balaban J connectivity index is 1.66. The van der Waals surface area contributed by atoms with Crippen molar-refractivity contribution in [1.29, 1.82) is 0 Å². The molecule has 0 spiro atoms. The van der Waals surface area contributed by atoms with Crippen molar-refractivity contribution >= 4 is 5.91 Å². The van der Waals surface area contributed by atoms with Gasteiger partial charge < -0.3 is 10.6 Å². The van der Waals surface area contributed by atoms with Crippen LogP contribution in [-0.4, -0.2) is 23.9 Å². The normalized spacial score (nSPS) is 20.0. The first kappa shape index (κ1) is 16.7. The highest BCUT2D eigenvalue weighted by Crippen LogP contribution is 2.30. The van der Waals surface area contributed by atoms with Gasteiger partial charge in [0.25, 0.3) is 0 Å². The van der Waals surface area contributed by atoms with Gasteiger partial charge in [-0.15, -0.1) is 0 Å². The molecule has 0 aromatic heterocycles. The smallest absolute Gasteiger partial charge is 0.227 e. The maximum absolute atomic E-state index is 12.8. The molecule has 0 radical (unpaired) electrons. The molecular weight excluding hydrogens is 296 g/mol. The van der Waals surface area contributed by atoms with E-state index in [9.17, 15) is 4.79 Å². The number of aryl methyl sites for hydroxylation is 1. The minimum Gasteiger partial charge on any atom is -0.342 e. The summed E-state index contributed by atoms with van der Waals surface area (Å²) < 4.78 is 0. The second kappa shape index (κ2) is 7.18. The standard InChI is InChI=1S/C21H26N2O/c1-15-7-6-10-18(13-15)19-11-12-23(14-19)21(24)16(2)20(22)17-8-4-3-5-9-17/h3-10,13,16,19-20H,11-12,14,22H2,1-2H3. The van der Waals surface area contributed by atoms with Crippen molar-refractivity contribution in [1.82, 2.24) is 4.90 Å². The summed E-state index contributed by atoms with van der Waals surface area (Å²) in [5, 5.41) is 0. The average Bonchev–Trinajstić information content (AvgIpc) is 3.10. The zero-order valence-corrected chi connectivity index (χ0v) is 14.5. The topological polar surface area (TPSA) is 46.3 Å². The van der Waals surface area contributed by atoms with Crippen LogP contribution < -0.4 is 5.73 Å². The number of benzene rings is 2. The summed E-state index contributed by atoms with van der Waals surface area (Å²) in [5.41, 5.74) is 9.96. The van der Waals surface area contributed by atoms with Crippen LogP contribution in [0.5, 0.6) is 0 Å². The van der Waals surface area contributed by atoms with Gasteiger partial charge in [-0.3, -0.25) is 4.79 Å². The lowest BCUT2D eigenvalue weighted by molar-refractivity contribution is -0.134. The number of hydrogen-bond acceptors (Lipinski definition) is 2. The molecule has 1 fully saturated rings. The Morgan fingerprint density at radius 3 is 2.62 bits per heavy atom. The predicted octanol–water partition coefficient (Wildman–Crippen LogP) is 3.65. The van der Waals surface area contributed by atoms with Crippen LogP contribution in [0.1, 0.15) is 42.0 Å². The summed E-state index contributed by atoms with van der Waals surface area (Å²) in [4.78, 5) is 14.8. The quantitative estimate of drug-likeness (QED) is 0.934. The molecule has 1 aliphatic rings. The van der Waals surface area contributed by atoms with E-state index in [0.29, 0.717) is 5.92 Å². The fraction of sp³-hybridized carbons (Fsp3) is 0.381. The molecule has 3 heteroatoms. The maximum Gasteiger partial charge on any atom is 0.227 e. The summed E-state index contributed by atoms with van der Waals surface area (Å²) in [7, 11) is 0. The first-order chi connectivity index (χ1) is 11.6. The van der Waals surface area contributed by atoms with E-state index in [2.05, 4.69) is 31.2 Å². The highest BCUT2D eigenvalue weighted by Gasteiger charge is 2.32. The molecule has 0 saturated carbocycles. The van der Waals surface area contributed by atoms with Crippen LogP contribution in [0.2, 0.25) is 0 Å². The summed E-state index contributed by atoms with van der Waals surface area (Å²) in [6.45, 7) is 5.68. The number of hydrogen-bond donors (Lipinski definition) is 1. The average molecular weight is 322 g/mol. The molecule has 1 aliphatic heterocycles. The zero-order valence-electron chi connectivity index (χ0n) is 14.5. The number of carbonyl (C=O) groups is 1. The molecule has 24 heavy (non-hydrogen) atoms. The van der Waals surface area contributed by atoms with Gasteiger partial charge in [0, 0.05) is 25.0 Å². The Morgan fingerprint density at radius 2 is 1.92 bits per heavy atom. The summed E-state index contributed by atoms with van der Waals surface area (Å²) in [5.74, 6) is 0.402. The van der Waals surface area contributed by atoms with Crippen LogP contribution in [0, 0.1) is 12.8 Å². The summed E-state index contributed by atoms with van der Waals surface area (Å²) in [6.07, 6.45) is 1.03.